The van der Waals surface area contributed by atoms with E-state index in [1.165, 1.54) is 4.90 Å². The predicted octanol–water partition coefficient (Wildman–Crippen LogP) is 3.35. The largest absolute Gasteiger partial charge is 0.493 e. The van der Waals surface area contributed by atoms with Crippen molar-refractivity contribution >= 4 is 39.2 Å². The Morgan fingerprint density at radius 3 is 2.59 bits per heavy atom. The van der Waals surface area contributed by atoms with Gasteiger partial charge in [0.2, 0.25) is 5.91 Å². The molecule has 7 nitrogen and oxygen atoms in total. The highest BCUT2D eigenvalue weighted by molar-refractivity contribution is 9.10. The lowest BCUT2D eigenvalue weighted by Crippen LogP contribution is -2.37. The molecule has 1 aliphatic rings. The zero-order valence-corrected chi connectivity index (χ0v) is 16.7. The van der Waals surface area contributed by atoms with Crippen LogP contribution in [-0.4, -0.2) is 50.7 Å². The Bertz CT molecular complexity index is 859. The van der Waals surface area contributed by atoms with Gasteiger partial charge in [0, 0.05) is 35.0 Å². The monoisotopic (exact) mass is 433 g/mol. The van der Waals surface area contributed by atoms with Crippen LogP contribution in [0, 0.1) is 0 Å². The molecule has 0 saturated carbocycles. The molecule has 0 atom stereocenters. The minimum absolute atomic E-state index is 0.00483. The van der Waals surface area contributed by atoms with E-state index in [0.29, 0.717) is 36.0 Å². The lowest BCUT2D eigenvalue weighted by Gasteiger charge is -2.19. The molecule has 0 radical (unpaired) electrons. The third-order valence-electron chi connectivity index (χ3n) is 4.22. The number of methoxy groups -OCH3 is 2. The van der Waals surface area contributed by atoms with Crippen LogP contribution in [0.2, 0.25) is 0 Å². The average molecular weight is 434 g/mol. The van der Waals surface area contributed by atoms with Crippen LogP contribution in [0.4, 0.5) is 16.2 Å². The first-order valence-corrected chi connectivity index (χ1v) is 9.15. The maximum atomic E-state index is 12.7. The highest BCUT2D eigenvalue weighted by Gasteiger charge is 2.31. The predicted molar refractivity (Wildman–Crippen MR) is 107 cm³/mol. The van der Waals surface area contributed by atoms with Gasteiger partial charge in [-0.15, -0.1) is 0 Å². The molecule has 2 aromatic carbocycles. The van der Waals surface area contributed by atoms with E-state index in [4.69, 9.17) is 9.47 Å². The molecule has 0 aliphatic carbocycles. The number of amides is 3. The molecule has 8 heteroatoms. The van der Waals surface area contributed by atoms with Gasteiger partial charge in [0.25, 0.3) is 0 Å². The van der Waals surface area contributed by atoms with Gasteiger partial charge in [-0.3, -0.25) is 9.69 Å². The lowest BCUT2D eigenvalue weighted by atomic mass is 10.2. The van der Waals surface area contributed by atoms with E-state index in [9.17, 15) is 9.59 Å². The van der Waals surface area contributed by atoms with Gasteiger partial charge in [-0.2, -0.15) is 0 Å². The third kappa shape index (κ3) is 4.33. The standard InChI is InChI=1S/C19H20BrN3O4/c1-26-16-7-6-15(11-17(16)27-2)23-9-8-22(19(23)25)12-18(24)21-14-5-3-4-13(20)10-14/h3-7,10-11H,8-9,12H2,1-2H3,(H,21,24). The highest BCUT2D eigenvalue weighted by atomic mass is 79.9. The van der Waals surface area contributed by atoms with Crippen molar-refractivity contribution in [2.75, 3.05) is 44.1 Å². The first kappa shape index (κ1) is 19.0. The zero-order chi connectivity index (χ0) is 19.4. The fraction of sp³-hybridized carbons (Fsp3) is 0.263. The molecule has 3 rings (SSSR count). The SMILES string of the molecule is COc1ccc(N2CCN(CC(=O)Nc3cccc(Br)c3)C2=O)cc1OC. The Morgan fingerprint density at radius 2 is 1.89 bits per heavy atom. The minimum atomic E-state index is -0.240. The Kier molecular flexibility index (Phi) is 5.85. The molecule has 1 N–H and O–H groups in total. The number of halogens is 1. The van der Waals surface area contributed by atoms with Crippen molar-refractivity contribution in [1.82, 2.24) is 4.90 Å². The minimum Gasteiger partial charge on any atom is -0.493 e. The second-order valence-electron chi connectivity index (χ2n) is 5.95. The summed E-state index contributed by atoms with van der Waals surface area (Å²) in [7, 11) is 3.11. The molecular weight excluding hydrogens is 414 g/mol. The van der Waals surface area contributed by atoms with Gasteiger partial charge in [0.05, 0.1) is 14.2 Å². The zero-order valence-electron chi connectivity index (χ0n) is 15.1. The normalized spacial score (nSPS) is 13.7. The number of carbonyl (C=O) groups is 2. The Labute approximate surface area is 166 Å². The van der Waals surface area contributed by atoms with Gasteiger partial charge in [-0.25, -0.2) is 4.79 Å². The van der Waals surface area contributed by atoms with Crippen LogP contribution < -0.4 is 19.7 Å². The fourth-order valence-corrected chi connectivity index (χ4v) is 3.30. The Balaban J connectivity index is 1.65. The lowest BCUT2D eigenvalue weighted by molar-refractivity contribution is -0.116. The van der Waals surface area contributed by atoms with Crippen molar-refractivity contribution in [3.63, 3.8) is 0 Å². The van der Waals surface area contributed by atoms with Gasteiger partial charge in [0.1, 0.15) is 6.54 Å². The average Bonchev–Trinajstić information content (AvgIpc) is 3.01. The molecule has 0 bridgehead atoms. The Hall–Kier alpha value is -2.74. The molecule has 142 valence electrons. The van der Waals surface area contributed by atoms with Crippen LogP contribution in [0.1, 0.15) is 0 Å². The van der Waals surface area contributed by atoms with Gasteiger partial charge >= 0.3 is 6.03 Å². The summed E-state index contributed by atoms with van der Waals surface area (Å²) in [6, 6.07) is 12.4. The molecule has 0 spiro atoms. The molecule has 0 unspecified atom stereocenters. The van der Waals surface area contributed by atoms with Crippen molar-refractivity contribution in [2.24, 2.45) is 0 Å². The van der Waals surface area contributed by atoms with Gasteiger partial charge in [-0.05, 0) is 30.3 Å². The number of rotatable bonds is 6. The molecule has 3 amide bonds. The second-order valence-corrected chi connectivity index (χ2v) is 6.87. The van der Waals surface area contributed by atoms with Gasteiger partial charge in [0.15, 0.2) is 11.5 Å². The summed E-state index contributed by atoms with van der Waals surface area (Å²) >= 11 is 3.36. The fourth-order valence-electron chi connectivity index (χ4n) is 2.90. The van der Waals surface area contributed by atoms with E-state index < -0.39 is 0 Å². The molecule has 1 saturated heterocycles. The quantitative estimate of drug-likeness (QED) is 0.757. The van der Waals surface area contributed by atoms with E-state index in [2.05, 4.69) is 21.2 Å². The summed E-state index contributed by atoms with van der Waals surface area (Å²) in [5.41, 5.74) is 1.38. The van der Waals surface area contributed by atoms with Crippen molar-refractivity contribution in [1.29, 1.82) is 0 Å². The highest BCUT2D eigenvalue weighted by Crippen LogP contribution is 2.32. The summed E-state index contributed by atoms with van der Waals surface area (Å²) in [5.74, 6) is 0.905. The first-order valence-electron chi connectivity index (χ1n) is 8.35. The number of hydrogen-bond donors (Lipinski definition) is 1. The summed E-state index contributed by atoms with van der Waals surface area (Å²) in [5, 5.41) is 2.80. The van der Waals surface area contributed by atoms with Crippen LogP contribution in [0.3, 0.4) is 0 Å². The molecule has 0 aromatic heterocycles. The topological polar surface area (TPSA) is 71.1 Å². The van der Waals surface area contributed by atoms with Crippen LogP contribution in [0.5, 0.6) is 11.5 Å². The van der Waals surface area contributed by atoms with E-state index in [1.807, 2.05) is 12.1 Å². The number of urea groups is 1. The van der Waals surface area contributed by atoms with Gasteiger partial charge < -0.3 is 19.7 Å². The number of nitrogens with one attached hydrogen (secondary N) is 1. The maximum absolute atomic E-state index is 12.7. The summed E-state index contributed by atoms with van der Waals surface area (Å²) in [4.78, 5) is 28.1. The number of ether oxygens (including phenoxy) is 2. The summed E-state index contributed by atoms with van der Waals surface area (Å²) < 4.78 is 11.4. The van der Waals surface area contributed by atoms with Crippen molar-refractivity contribution in [2.45, 2.75) is 0 Å². The number of hydrogen-bond acceptors (Lipinski definition) is 4. The van der Waals surface area contributed by atoms with Crippen molar-refractivity contribution in [3.05, 3.63) is 46.9 Å². The molecule has 1 heterocycles. The molecule has 2 aromatic rings. The molecular formula is C19H20BrN3O4. The number of carbonyl (C=O) groups excluding carboxylic acids is 2. The van der Waals surface area contributed by atoms with Crippen LogP contribution in [0.25, 0.3) is 0 Å². The molecule has 1 fully saturated rings. The summed E-state index contributed by atoms with van der Waals surface area (Å²) in [6.45, 7) is 0.965. The van der Waals surface area contributed by atoms with Crippen molar-refractivity contribution in [3.8, 4) is 11.5 Å². The number of nitrogens with zero attached hydrogens (tertiary/aromatic N) is 2. The molecule has 1 aliphatic heterocycles. The molecule has 27 heavy (non-hydrogen) atoms. The second kappa shape index (κ2) is 8.30. The number of anilines is 2. The van der Waals surface area contributed by atoms with Gasteiger partial charge in [-0.1, -0.05) is 22.0 Å². The number of benzene rings is 2. The van der Waals surface area contributed by atoms with E-state index in [0.717, 1.165) is 4.47 Å². The maximum Gasteiger partial charge on any atom is 0.325 e. The van der Waals surface area contributed by atoms with Crippen LogP contribution >= 0.6 is 15.9 Å². The third-order valence-corrected chi connectivity index (χ3v) is 4.71. The van der Waals surface area contributed by atoms with E-state index in [1.54, 1.807) is 49.5 Å². The van der Waals surface area contributed by atoms with E-state index >= 15 is 0 Å². The Morgan fingerprint density at radius 1 is 1.11 bits per heavy atom. The summed E-state index contributed by atoms with van der Waals surface area (Å²) in [6.07, 6.45) is 0. The van der Waals surface area contributed by atoms with E-state index in [-0.39, 0.29) is 18.5 Å². The smallest absolute Gasteiger partial charge is 0.325 e. The van der Waals surface area contributed by atoms with Crippen LogP contribution in [0.15, 0.2) is 46.9 Å². The van der Waals surface area contributed by atoms with Crippen LogP contribution in [-0.2, 0) is 4.79 Å². The van der Waals surface area contributed by atoms with Crippen molar-refractivity contribution < 1.29 is 19.1 Å². The first-order chi connectivity index (χ1) is 13.0.